The van der Waals surface area contributed by atoms with Crippen LogP contribution in [-0.2, 0) is 24.0 Å². The van der Waals surface area contributed by atoms with Crippen molar-refractivity contribution in [1.82, 2.24) is 0 Å². The van der Waals surface area contributed by atoms with Crippen LogP contribution in [0.15, 0.2) is 71.3 Å². The van der Waals surface area contributed by atoms with Gasteiger partial charge in [0.1, 0.15) is 5.76 Å². The SMILES string of the molecule is COC(=O)c1ccc(Cc2coc3c2Cc2cc4ccccc4cc2C3)cc1. The molecule has 3 nitrogen and oxygen atoms in total. The lowest BCUT2D eigenvalue weighted by Gasteiger charge is -2.18. The van der Waals surface area contributed by atoms with E-state index in [2.05, 4.69) is 36.4 Å². The van der Waals surface area contributed by atoms with E-state index < -0.39 is 0 Å². The van der Waals surface area contributed by atoms with Gasteiger partial charge in [0.15, 0.2) is 0 Å². The molecule has 5 rings (SSSR count). The molecule has 138 valence electrons. The maximum atomic E-state index is 11.6. The number of esters is 1. The Balaban J connectivity index is 1.43. The summed E-state index contributed by atoms with van der Waals surface area (Å²) in [5.74, 6) is 0.764. The number of carbonyl (C=O) groups excluding carboxylic acids is 1. The monoisotopic (exact) mass is 368 g/mol. The van der Waals surface area contributed by atoms with E-state index in [1.807, 2.05) is 30.5 Å². The molecule has 0 N–H and O–H groups in total. The summed E-state index contributed by atoms with van der Waals surface area (Å²) in [7, 11) is 1.40. The number of hydrogen-bond acceptors (Lipinski definition) is 3. The second-order valence-electron chi connectivity index (χ2n) is 7.35. The van der Waals surface area contributed by atoms with Gasteiger partial charge in [-0.15, -0.1) is 0 Å². The highest BCUT2D eigenvalue weighted by Gasteiger charge is 2.22. The van der Waals surface area contributed by atoms with E-state index in [0.717, 1.165) is 30.6 Å². The third kappa shape index (κ3) is 2.89. The normalized spacial score (nSPS) is 12.5. The van der Waals surface area contributed by atoms with Crippen LogP contribution in [0.2, 0.25) is 0 Å². The van der Waals surface area contributed by atoms with E-state index >= 15 is 0 Å². The van der Waals surface area contributed by atoms with Crippen molar-refractivity contribution in [2.24, 2.45) is 0 Å². The second-order valence-corrected chi connectivity index (χ2v) is 7.35. The molecule has 1 heterocycles. The highest BCUT2D eigenvalue weighted by Crippen LogP contribution is 2.34. The fourth-order valence-corrected chi connectivity index (χ4v) is 4.10. The molecule has 3 aromatic carbocycles. The molecule has 0 saturated heterocycles. The van der Waals surface area contributed by atoms with Crippen molar-refractivity contribution in [2.45, 2.75) is 19.3 Å². The zero-order valence-electron chi connectivity index (χ0n) is 15.7. The van der Waals surface area contributed by atoms with Crippen LogP contribution in [0, 0.1) is 0 Å². The third-order valence-corrected chi connectivity index (χ3v) is 5.62. The van der Waals surface area contributed by atoms with E-state index in [4.69, 9.17) is 9.15 Å². The van der Waals surface area contributed by atoms with Gasteiger partial charge in [0.25, 0.3) is 0 Å². The molecule has 4 aromatic rings. The first-order valence-electron chi connectivity index (χ1n) is 9.47. The maximum absolute atomic E-state index is 11.6. The summed E-state index contributed by atoms with van der Waals surface area (Å²) < 4.78 is 10.7. The van der Waals surface area contributed by atoms with Crippen molar-refractivity contribution < 1.29 is 13.9 Å². The van der Waals surface area contributed by atoms with Crippen LogP contribution < -0.4 is 0 Å². The molecular weight excluding hydrogens is 348 g/mol. The van der Waals surface area contributed by atoms with E-state index in [0.29, 0.717) is 5.56 Å². The van der Waals surface area contributed by atoms with Crippen molar-refractivity contribution in [3.63, 3.8) is 0 Å². The summed E-state index contributed by atoms with van der Waals surface area (Å²) in [6.45, 7) is 0. The molecule has 0 atom stereocenters. The predicted molar refractivity (Wildman–Crippen MR) is 109 cm³/mol. The average molecular weight is 368 g/mol. The van der Waals surface area contributed by atoms with Crippen molar-refractivity contribution in [1.29, 1.82) is 0 Å². The smallest absolute Gasteiger partial charge is 0.337 e. The molecule has 0 amide bonds. The fourth-order valence-electron chi connectivity index (χ4n) is 4.10. The quantitative estimate of drug-likeness (QED) is 0.405. The largest absolute Gasteiger partial charge is 0.468 e. The molecule has 28 heavy (non-hydrogen) atoms. The van der Waals surface area contributed by atoms with Crippen LogP contribution in [-0.4, -0.2) is 13.1 Å². The summed E-state index contributed by atoms with van der Waals surface area (Å²) in [5.41, 5.74) is 6.99. The summed E-state index contributed by atoms with van der Waals surface area (Å²) in [5, 5.41) is 2.57. The van der Waals surface area contributed by atoms with Crippen LogP contribution in [0.3, 0.4) is 0 Å². The number of hydrogen-bond donors (Lipinski definition) is 0. The number of furan rings is 1. The third-order valence-electron chi connectivity index (χ3n) is 5.62. The Morgan fingerprint density at radius 2 is 1.64 bits per heavy atom. The molecule has 0 radical (unpaired) electrons. The number of benzene rings is 3. The first-order chi connectivity index (χ1) is 13.7. The van der Waals surface area contributed by atoms with E-state index in [1.54, 1.807) is 0 Å². The Morgan fingerprint density at radius 1 is 0.964 bits per heavy atom. The lowest BCUT2D eigenvalue weighted by atomic mass is 9.86. The molecule has 0 unspecified atom stereocenters. The zero-order valence-corrected chi connectivity index (χ0v) is 15.7. The Labute approximate surface area is 163 Å². The standard InChI is InChI=1S/C25H20O3/c1-27-25(26)17-8-6-16(7-9-17)10-22-15-28-24-14-21-12-19-5-3-2-4-18(19)11-20(21)13-23(22)24/h2-9,11-12,15H,10,13-14H2,1H3. The Morgan fingerprint density at radius 3 is 2.32 bits per heavy atom. The Kier molecular flexibility index (Phi) is 4.01. The number of rotatable bonds is 3. The highest BCUT2D eigenvalue weighted by atomic mass is 16.5. The van der Waals surface area contributed by atoms with Gasteiger partial charge in [-0.05, 0) is 45.2 Å². The minimum absolute atomic E-state index is 0.309. The van der Waals surface area contributed by atoms with Gasteiger partial charge in [0.2, 0.25) is 0 Å². The number of ether oxygens (including phenoxy) is 1. The van der Waals surface area contributed by atoms with E-state index in [9.17, 15) is 4.79 Å². The van der Waals surface area contributed by atoms with Gasteiger partial charge in [-0.25, -0.2) is 4.79 Å². The molecule has 3 heteroatoms. The number of methoxy groups -OCH3 is 1. The summed E-state index contributed by atoms with van der Waals surface area (Å²) in [6, 6.07) is 20.7. The summed E-state index contributed by atoms with van der Waals surface area (Å²) >= 11 is 0. The first-order valence-corrected chi connectivity index (χ1v) is 9.47. The van der Waals surface area contributed by atoms with Crippen LogP contribution in [0.5, 0.6) is 0 Å². The molecule has 0 saturated carbocycles. The highest BCUT2D eigenvalue weighted by molar-refractivity contribution is 5.89. The van der Waals surface area contributed by atoms with Crippen LogP contribution in [0.4, 0.5) is 0 Å². The van der Waals surface area contributed by atoms with Crippen LogP contribution in [0.1, 0.15) is 43.9 Å². The second kappa shape index (κ2) is 6.68. The van der Waals surface area contributed by atoms with E-state index in [-0.39, 0.29) is 5.97 Å². The first kappa shape index (κ1) is 16.8. The van der Waals surface area contributed by atoms with Gasteiger partial charge in [-0.2, -0.15) is 0 Å². The zero-order chi connectivity index (χ0) is 19.1. The predicted octanol–water partition coefficient (Wildman–Crippen LogP) is 5.31. The van der Waals surface area contributed by atoms with Crippen LogP contribution >= 0.6 is 0 Å². The molecule has 0 aliphatic heterocycles. The maximum Gasteiger partial charge on any atom is 0.337 e. The topological polar surface area (TPSA) is 39.4 Å². The van der Waals surface area contributed by atoms with Crippen molar-refractivity contribution in [2.75, 3.05) is 7.11 Å². The average Bonchev–Trinajstić information content (AvgIpc) is 3.12. The minimum Gasteiger partial charge on any atom is -0.468 e. The summed E-state index contributed by atoms with van der Waals surface area (Å²) in [4.78, 5) is 11.6. The molecule has 0 bridgehead atoms. The Bertz CT molecular complexity index is 1180. The van der Waals surface area contributed by atoms with Gasteiger partial charge >= 0.3 is 5.97 Å². The van der Waals surface area contributed by atoms with E-state index in [1.165, 1.54) is 40.1 Å². The van der Waals surface area contributed by atoms with Gasteiger partial charge in [-0.1, -0.05) is 48.5 Å². The van der Waals surface area contributed by atoms with Gasteiger partial charge in [0.05, 0.1) is 18.9 Å². The van der Waals surface area contributed by atoms with Crippen molar-refractivity contribution in [3.05, 3.63) is 106 Å². The van der Waals surface area contributed by atoms with Gasteiger partial charge in [-0.3, -0.25) is 0 Å². The summed E-state index contributed by atoms with van der Waals surface area (Å²) in [6.07, 6.45) is 4.44. The van der Waals surface area contributed by atoms with Gasteiger partial charge < -0.3 is 9.15 Å². The molecule has 1 aliphatic rings. The van der Waals surface area contributed by atoms with Gasteiger partial charge in [0, 0.05) is 24.8 Å². The Hall–Kier alpha value is -3.33. The lowest BCUT2D eigenvalue weighted by molar-refractivity contribution is 0.0600. The lowest BCUT2D eigenvalue weighted by Crippen LogP contribution is -2.07. The fraction of sp³-hybridized carbons (Fsp3) is 0.160. The molecule has 0 spiro atoms. The number of carbonyl (C=O) groups is 1. The van der Waals surface area contributed by atoms with Crippen molar-refractivity contribution >= 4 is 16.7 Å². The molecule has 1 aliphatic carbocycles. The number of fused-ring (bicyclic) bond motifs is 3. The van der Waals surface area contributed by atoms with Crippen molar-refractivity contribution in [3.8, 4) is 0 Å². The molecule has 1 aromatic heterocycles. The van der Waals surface area contributed by atoms with Crippen LogP contribution in [0.25, 0.3) is 10.8 Å². The minimum atomic E-state index is -0.309. The molecular formula is C25H20O3. The molecule has 0 fully saturated rings.